The first-order valence-corrected chi connectivity index (χ1v) is 14.1. The average molecular weight is 501 g/mol. The van der Waals surface area contributed by atoms with Gasteiger partial charge in [0, 0.05) is 17.1 Å². The smallest absolute Gasteiger partial charge is 0.243 e. The van der Waals surface area contributed by atoms with Gasteiger partial charge in [0.1, 0.15) is 5.75 Å². The standard InChI is InChI=1S/C28H40N2O4S/c1-27(2)18-9-19-28(3,4)30(27)34-21-24-13-12-23(20-22-10-7-6-8-11-22)29(24)35(31,32)26-16-14-25(33-5)15-17-26/h6-8,10-11,14-17,23-24H,9,12-13,18-21H2,1-5H3/t23-,24+/m1/s1. The van der Waals surface area contributed by atoms with Gasteiger partial charge in [-0.15, -0.1) is 0 Å². The first kappa shape index (κ1) is 26.1. The molecule has 4 rings (SSSR count). The van der Waals surface area contributed by atoms with Gasteiger partial charge in [-0.05, 0) is 96.0 Å². The van der Waals surface area contributed by atoms with Crippen molar-refractivity contribution in [2.75, 3.05) is 13.7 Å². The predicted molar refractivity (Wildman–Crippen MR) is 139 cm³/mol. The molecule has 0 spiro atoms. The highest BCUT2D eigenvalue weighted by molar-refractivity contribution is 7.89. The van der Waals surface area contributed by atoms with E-state index in [1.807, 2.05) is 18.2 Å². The van der Waals surface area contributed by atoms with Crippen LogP contribution in [-0.4, -0.2) is 54.7 Å². The molecule has 2 atom stereocenters. The van der Waals surface area contributed by atoms with Gasteiger partial charge in [-0.3, -0.25) is 4.84 Å². The first-order chi connectivity index (χ1) is 16.5. The van der Waals surface area contributed by atoms with Crippen molar-refractivity contribution in [1.82, 2.24) is 9.37 Å². The quantitative estimate of drug-likeness (QED) is 0.483. The van der Waals surface area contributed by atoms with Crippen LogP contribution in [0.1, 0.15) is 65.4 Å². The molecule has 0 radical (unpaired) electrons. The maximum atomic E-state index is 14.0. The van der Waals surface area contributed by atoms with E-state index in [0.29, 0.717) is 23.7 Å². The van der Waals surface area contributed by atoms with E-state index in [0.717, 1.165) is 31.2 Å². The Morgan fingerprint density at radius 3 is 2.09 bits per heavy atom. The van der Waals surface area contributed by atoms with Crippen LogP contribution in [0.15, 0.2) is 59.5 Å². The number of hydrogen-bond acceptors (Lipinski definition) is 5. The Bertz CT molecular complexity index is 1070. The molecule has 2 heterocycles. The Kier molecular flexibility index (Phi) is 7.62. The molecule has 0 saturated carbocycles. The zero-order valence-electron chi connectivity index (χ0n) is 21.7. The summed E-state index contributed by atoms with van der Waals surface area (Å²) in [5.41, 5.74) is 0.958. The number of benzene rings is 2. The highest BCUT2D eigenvalue weighted by Crippen LogP contribution is 2.40. The second kappa shape index (κ2) is 10.2. The largest absolute Gasteiger partial charge is 0.497 e. The molecule has 0 bridgehead atoms. The number of hydroxylamine groups is 2. The lowest BCUT2D eigenvalue weighted by Crippen LogP contribution is -2.59. The number of methoxy groups -OCH3 is 1. The van der Waals surface area contributed by atoms with Crippen LogP contribution < -0.4 is 4.74 Å². The molecule has 0 N–H and O–H groups in total. The van der Waals surface area contributed by atoms with Crippen LogP contribution in [0.3, 0.4) is 0 Å². The first-order valence-electron chi connectivity index (χ1n) is 12.7. The fourth-order valence-corrected chi connectivity index (χ4v) is 7.78. The van der Waals surface area contributed by atoms with Gasteiger partial charge in [0.2, 0.25) is 10.0 Å². The molecule has 2 aromatic carbocycles. The average Bonchev–Trinajstić information content (AvgIpc) is 3.21. The summed E-state index contributed by atoms with van der Waals surface area (Å²) >= 11 is 0. The maximum Gasteiger partial charge on any atom is 0.243 e. The number of ether oxygens (including phenoxy) is 1. The van der Waals surface area contributed by atoms with Gasteiger partial charge in [0.15, 0.2) is 0 Å². The third-order valence-corrected chi connectivity index (χ3v) is 9.59. The molecule has 2 saturated heterocycles. The van der Waals surface area contributed by atoms with Crippen molar-refractivity contribution in [2.24, 2.45) is 0 Å². The summed E-state index contributed by atoms with van der Waals surface area (Å²) in [5, 5.41) is 2.13. The monoisotopic (exact) mass is 500 g/mol. The lowest BCUT2D eigenvalue weighted by Gasteiger charge is -2.51. The zero-order chi connectivity index (χ0) is 25.3. The Morgan fingerprint density at radius 2 is 1.49 bits per heavy atom. The van der Waals surface area contributed by atoms with Gasteiger partial charge in [-0.25, -0.2) is 8.42 Å². The number of sulfonamides is 1. The van der Waals surface area contributed by atoms with E-state index in [1.165, 1.54) is 6.42 Å². The Labute approximate surface area is 211 Å². The molecule has 2 aliphatic rings. The predicted octanol–water partition coefficient (Wildman–Crippen LogP) is 5.43. The van der Waals surface area contributed by atoms with Crippen LogP contribution in [-0.2, 0) is 21.3 Å². The molecule has 2 aromatic rings. The van der Waals surface area contributed by atoms with Crippen molar-refractivity contribution in [3.8, 4) is 5.75 Å². The highest BCUT2D eigenvalue weighted by Gasteiger charge is 2.46. The molecule has 192 valence electrons. The summed E-state index contributed by atoms with van der Waals surface area (Å²) in [6.45, 7) is 9.21. The van der Waals surface area contributed by atoms with Crippen LogP contribution in [0.5, 0.6) is 5.75 Å². The minimum atomic E-state index is -3.71. The minimum Gasteiger partial charge on any atom is -0.497 e. The summed E-state index contributed by atoms with van der Waals surface area (Å²) in [4.78, 5) is 6.79. The molecule has 7 heteroatoms. The molecule has 2 fully saturated rings. The number of rotatable bonds is 8. The van der Waals surface area contributed by atoms with Crippen molar-refractivity contribution in [2.45, 2.75) is 94.3 Å². The normalized spacial score (nSPS) is 24.9. The fourth-order valence-electron chi connectivity index (χ4n) is 5.92. The molecule has 6 nitrogen and oxygen atoms in total. The van der Waals surface area contributed by atoms with Crippen molar-refractivity contribution < 1.29 is 18.0 Å². The van der Waals surface area contributed by atoms with E-state index < -0.39 is 10.0 Å². The van der Waals surface area contributed by atoms with Gasteiger partial charge in [0.25, 0.3) is 0 Å². The lowest BCUT2D eigenvalue weighted by atomic mass is 9.82. The Morgan fingerprint density at radius 1 is 0.886 bits per heavy atom. The second-order valence-corrected chi connectivity index (χ2v) is 13.0. The second-order valence-electron chi connectivity index (χ2n) is 11.2. The maximum absolute atomic E-state index is 14.0. The van der Waals surface area contributed by atoms with Crippen LogP contribution in [0.4, 0.5) is 0 Å². The van der Waals surface area contributed by atoms with Crippen LogP contribution in [0, 0.1) is 0 Å². The molecule has 0 aliphatic carbocycles. The van der Waals surface area contributed by atoms with Gasteiger partial charge < -0.3 is 4.74 Å². The van der Waals surface area contributed by atoms with Crippen molar-refractivity contribution in [1.29, 1.82) is 0 Å². The Balaban J connectivity index is 1.61. The van der Waals surface area contributed by atoms with E-state index >= 15 is 0 Å². The van der Waals surface area contributed by atoms with E-state index in [4.69, 9.17) is 9.57 Å². The number of piperidine rings is 1. The summed E-state index contributed by atoms with van der Waals surface area (Å²) in [5.74, 6) is 0.639. The molecular formula is C28H40N2O4S. The van der Waals surface area contributed by atoms with Crippen LogP contribution >= 0.6 is 0 Å². The molecule has 0 aromatic heterocycles. The number of hydrogen-bond donors (Lipinski definition) is 0. The van der Waals surface area contributed by atoms with E-state index in [2.05, 4.69) is 44.9 Å². The molecular weight excluding hydrogens is 460 g/mol. The van der Waals surface area contributed by atoms with E-state index in [-0.39, 0.29) is 23.2 Å². The zero-order valence-corrected chi connectivity index (χ0v) is 22.6. The molecule has 2 aliphatic heterocycles. The van der Waals surface area contributed by atoms with Crippen molar-refractivity contribution in [3.63, 3.8) is 0 Å². The minimum absolute atomic E-state index is 0.0938. The van der Waals surface area contributed by atoms with Gasteiger partial charge in [0.05, 0.1) is 24.7 Å². The molecule has 35 heavy (non-hydrogen) atoms. The van der Waals surface area contributed by atoms with Gasteiger partial charge in [-0.2, -0.15) is 9.37 Å². The molecule has 0 unspecified atom stereocenters. The van der Waals surface area contributed by atoms with E-state index in [9.17, 15) is 8.42 Å². The van der Waals surface area contributed by atoms with Gasteiger partial charge in [-0.1, -0.05) is 30.3 Å². The third-order valence-electron chi connectivity index (χ3n) is 7.57. The SMILES string of the molecule is COc1ccc(S(=O)(=O)N2[C@@H](Cc3ccccc3)CC[C@H]2CON2C(C)(C)CCCC2(C)C)cc1. The van der Waals surface area contributed by atoms with Crippen LogP contribution in [0.2, 0.25) is 0 Å². The number of nitrogens with zero attached hydrogens (tertiary/aromatic N) is 2. The van der Waals surface area contributed by atoms with Crippen LogP contribution in [0.25, 0.3) is 0 Å². The summed E-state index contributed by atoms with van der Waals surface area (Å²) in [6.07, 6.45) is 5.57. The van der Waals surface area contributed by atoms with Crippen molar-refractivity contribution in [3.05, 3.63) is 60.2 Å². The van der Waals surface area contributed by atoms with E-state index in [1.54, 1.807) is 35.7 Å². The fraction of sp³-hybridized carbons (Fsp3) is 0.571. The Hall–Kier alpha value is -1.93. The highest BCUT2D eigenvalue weighted by atomic mass is 32.2. The summed E-state index contributed by atoms with van der Waals surface area (Å²) in [6, 6.07) is 16.5. The summed E-state index contributed by atoms with van der Waals surface area (Å²) in [7, 11) is -2.13. The molecule has 0 amide bonds. The van der Waals surface area contributed by atoms with Gasteiger partial charge >= 0.3 is 0 Å². The van der Waals surface area contributed by atoms with Crippen molar-refractivity contribution >= 4 is 10.0 Å². The lowest BCUT2D eigenvalue weighted by molar-refractivity contribution is -0.284. The third kappa shape index (κ3) is 5.58. The summed E-state index contributed by atoms with van der Waals surface area (Å²) < 4.78 is 34.9. The topological polar surface area (TPSA) is 59.1 Å².